The van der Waals surface area contributed by atoms with E-state index in [1.165, 1.54) is 10.5 Å². The quantitative estimate of drug-likeness (QED) is 0.576. The Morgan fingerprint density at radius 3 is 2.55 bits per heavy atom. The fourth-order valence-corrected chi connectivity index (χ4v) is 2.51. The van der Waals surface area contributed by atoms with Crippen molar-refractivity contribution in [3.63, 3.8) is 0 Å². The first kappa shape index (κ1) is 8.92. The van der Waals surface area contributed by atoms with Crippen LogP contribution in [0.5, 0.6) is 0 Å². The van der Waals surface area contributed by atoms with Gasteiger partial charge in [0, 0.05) is 10.2 Å². The first-order chi connectivity index (χ1) is 5.09. The van der Waals surface area contributed by atoms with Crippen molar-refractivity contribution in [2.24, 2.45) is 5.92 Å². The van der Waals surface area contributed by atoms with Crippen molar-refractivity contribution in [1.82, 2.24) is 0 Å². The molecule has 1 unspecified atom stereocenters. The van der Waals surface area contributed by atoms with E-state index in [0.717, 1.165) is 0 Å². The summed E-state index contributed by atoms with van der Waals surface area (Å²) in [6.07, 6.45) is 4.68. The second kappa shape index (κ2) is 3.48. The molecular weight excluding hydrogens is 152 g/mol. The van der Waals surface area contributed by atoms with E-state index in [2.05, 4.69) is 39.8 Å². The molecule has 0 aliphatic carbocycles. The molecule has 1 aliphatic heterocycles. The fourth-order valence-electron chi connectivity index (χ4n) is 1.23. The van der Waals surface area contributed by atoms with Crippen LogP contribution in [0.1, 0.15) is 27.7 Å². The van der Waals surface area contributed by atoms with E-state index >= 15 is 0 Å². The zero-order chi connectivity index (χ0) is 8.43. The summed E-state index contributed by atoms with van der Waals surface area (Å²) in [5.74, 6) is 0.672. The molecule has 0 radical (unpaired) electrons. The van der Waals surface area contributed by atoms with Crippen molar-refractivity contribution in [2.75, 3.05) is 0 Å². The minimum absolute atomic E-state index is 0.672. The highest BCUT2D eigenvalue weighted by atomic mass is 32.2. The minimum atomic E-state index is 0.672. The predicted octanol–water partition coefficient (Wildman–Crippen LogP) is 3.61. The highest BCUT2D eigenvalue weighted by Gasteiger charge is 2.14. The average molecular weight is 168 g/mol. The summed E-state index contributed by atoms with van der Waals surface area (Å²) < 4.78 is 0. The molecular formula is C10H16S. The summed E-state index contributed by atoms with van der Waals surface area (Å²) in [6.45, 7) is 8.90. The molecule has 0 nitrogen and oxygen atoms in total. The Kier molecular flexibility index (Phi) is 2.83. The molecule has 1 heterocycles. The van der Waals surface area contributed by atoms with E-state index in [0.29, 0.717) is 11.2 Å². The van der Waals surface area contributed by atoms with Crippen LogP contribution >= 0.6 is 11.8 Å². The molecule has 1 heteroatoms. The van der Waals surface area contributed by atoms with E-state index in [-0.39, 0.29) is 0 Å². The van der Waals surface area contributed by atoms with Crippen LogP contribution in [0.4, 0.5) is 0 Å². The minimum Gasteiger partial charge on any atom is -0.119 e. The normalized spacial score (nSPS) is 28.3. The van der Waals surface area contributed by atoms with Crippen LogP contribution in [0.3, 0.4) is 0 Å². The molecule has 1 atom stereocenters. The standard InChI is InChI=1S/C10H16S/c1-7(2)5-10-8(3)6-9(4)11-10/h5-7,9H,1-4H3/b10-5+. The highest BCUT2D eigenvalue weighted by molar-refractivity contribution is 8.04. The Balaban J connectivity index is 2.71. The molecule has 0 bridgehead atoms. The third-order valence-corrected chi connectivity index (χ3v) is 2.89. The third-order valence-electron chi connectivity index (χ3n) is 1.67. The van der Waals surface area contributed by atoms with Gasteiger partial charge in [0.15, 0.2) is 0 Å². The van der Waals surface area contributed by atoms with Gasteiger partial charge in [-0.15, -0.1) is 11.8 Å². The molecule has 1 aliphatic rings. The van der Waals surface area contributed by atoms with Crippen LogP contribution < -0.4 is 0 Å². The van der Waals surface area contributed by atoms with Gasteiger partial charge in [0.05, 0.1) is 0 Å². The molecule has 0 amide bonds. The molecule has 0 fully saturated rings. The Hall–Kier alpha value is -0.170. The number of hydrogen-bond acceptors (Lipinski definition) is 1. The van der Waals surface area contributed by atoms with Crippen molar-refractivity contribution in [2.45, 2.75) is 32.9 Å². The Labute approximate surface area is 73.8 Å². The lowest BCUT2D eigenvalue weighted by Crippen LogP contribution is -1.83. The topological polar surface area (TPSA) is 0 Å². The van der Waals surface area contributed by atoms with Crippen molar-refractivity contribution in [1.29, 1.82) is 0 Å². The van der Waals surface area contributed by atoms with Gasteiger partial charge in [-0.05, 0) is 25.3 Å². The lowest BCUT2D eigenvalue weighted by Gasteiger charge is -2.02. The van der Waals surface area contributed by atoms with E-state index in [1.807, 2.05) is 11.8 Å². The SMILES string of the molecule is CC1=CC(C)S/C1=C/C(C)C. The van der Waals surface area contributed by atoms with Crippen LogP contribution in [0.15, 0.2) is 22.6 Å². The van der Waals surface area contributed by atoms with Gasteiger partial charge < -0.3 is 0 Å². The monoisotopic (exact) mass is 168 g/mol. The van der Waals surface area contributed by atoms with Gasteiger partial charge in [-0.2, -0.15) is 0 Å². The van der Waals surface area contributed by atoms with Crippen LogP contribution in [0, 0.1) is 5.92 Å². The zero-order valence-electron chi connectivity index (χ0n) is 7.72. The van der Waals surface area contributed by atoms with E-state index < -0.39 is 0 Å². The number of allylic oxidation sites excluding steroid dienone is 2. The Bertz CT molecular complexity index is 199. The summed E-state index contributed by atoms with van der Waals surface area (Å²) in [6, 6.07) is 0. The average Bonchev–Trinajstić information content (AvgIpc) is 2.09. The maximum absolute atomic E-state index is 2.35. The summed E-state index contributed by atoms with van der Waals surface area (Å²) in [7, 11) is 0. The van der Waals surface area contributed by atoms with Gasteiger partial charge >= 0.3 is 0 Å². The molecule has 1 rings (SSSR count). The molecule has 0 aromatic rings. The number of thioether (sulfide) groups is 1. The second-order valence-electron chi connectivity index (χ2n) is 3.45. The Morgan fingerprint density at radius 1 is 1.55 bits per heavy atom. The van der Waals surface area contributed by atoms with Crippen LogP contribution in [0.25, 0.3) is 0 Å². The Morgan fingerprint density at radius 2 is 2.18 bits per heavy atom. The largest absolute Gasteiger partial charge is 0.119 e. The molecule has 0 saturated carbocycles. The van der Waals surface area contributed by atoms with Crippen LogP contribution in [-0.4, -0.2) is 5.25 Å². The van der Waals surface area contributed by atoms with Crippen molar-refractivity contribution >= 4 is 11.8 Å². The summed E-state index contributed by atoms with van der Waals surface area (Å²) in [4.78, 5) is 1.48. The van der Waals surface area contributed by atoms with Gasteiger partial charge in [-0.3, -0.25) is 0 Å². The lowest BCUT2D eigenvalue weighted by atomic mass is 10.1. The first-order valence-electron chi connectivity index (χ1n) is 4.17. The molecule has 0 aromatic carbocycles. The molecule has 0 N–H and O–H groups in total. The zero-order valence-corrected chi connectivity index (χ0v) is 8.53. The smallest absolute Gasteiger partial charge is 0.0252 e. The second-order valence-corrected chi connectivity index (χ2v) is 4.87. The predicted molar refractivity (Wildman–Crippen MR) is 53.7 cm³/mol. The molecule has 0 aromatic heterocycles. The maximum atomic E-state index is 2.35. The van der Waals surface area contributed by atoms with E-state index in [9.17, 15) is 0 Å². The van der Waals surface area contributed by atoms with E-state index in [1.54, 1.807) is 0 Å². The number of hydrogen-bond donors (Lipinski definition) is 0. The van der Waals surface area contributed by atoms with E-state index in [4.69, 9.17) is 0 Å². The van der Waals surface area contributed by atoms with Gasteiger partial charge in [0.2, 0.25) is 0 Å². The molecule has 62 valence electrons. The number of rotatable bonds is 1. The van der Waals surface area contributed by atoms with Crippen molar-refractivity contribution in [3.05, 3.63) is 22.6 Å². The van der Waals surface area contributed by atoms with Gasteiger partial charge in [0.25, 0.3) is 0 Å². The third kappa shape index (κ3) is 2.41. The molecule has 0 saturated heterocycles. The van der Waals surface area contributed by atoms with Gasteiger partial charge in [0.1, 0.15) is 0 Å². The summed E-state index contributed by atoms with van der Waals surface area (Å²) in [5.41, 5.74) is 1.45. The van der Waals surface area contributed by atoms with Gasteiger partial charge in [-0.1, -0.05) is 26.0 Å². The fraction of sp³-hybridized carbons (Fsp3) is 0.600. The summed E-state index contributed by atoms with van der Waals surface area (Å²) >= 11 is 1.97. The molecule has 0 spiro atoms. The van der Waals surface area contributed by atoms with Crippen LogP contribution in [-0.2, 0) is 0 Å². The van der Waals surface area contributed by atoms with Crippen LogP contribution in [0.2, 0.25) is 0 Å². The van der Waals surface area contributed by atoms with Crippen molar-refractivity contribution in [3.8, 4) is 0 Å². The highest BCUT2D eigenvalue weighted by Crippen LogP contribution is 2.36. The van der Waals surface area contributed by atoms with Gasteiger partial charge in [-0.25, -0.2) is 0 Å². The maximum Gasteiger partial charge on any atom is 0.0252 e. The lowest BCUT2D eigenvalue weighted by molar-refractivity contribution is 0.829. The molecule has 11 heavy (non-hydrogen) atoms. The first-order valence-corrected chi connectivity index (χ1v) is 5.05. The summed E-state index contributed by atoms with van der Waals surface area (Å²) in [5, 5.41) is 0.681. The van der Waals surface area contributed by atoms with Crippen molar-refractivity contribution < 1.29 is 0 Å².